The van der Waals surface area contributed by atoms with E-state index in [-0.39, 0.29) is 17.9 Å². The molecule has 0 bridgehead atoms. The summed E-state index contributed by atoms with van der Waals surface area (Å²) >= 11 is 0. The van der Waals surface area contributed by atoms with E-state index >= 15 is 0 Å². The van der Waals surface area contributed by atoms with Crippen LogP contribution in [0.1, 0.15) is 32.6 Å². The van der Waals surface area contributed by atoms with E-state index in [4.69, 9.17) is 0 Å². The summed E-state index contributed by atoms with van der Waals surface area (Å²) in [6, 6.07) is 0.101. The molecule has 1 aromatic heterocycles. The van der Waals surface area contributed by atoms with Crippen molar-refractivity contribution < 1.29 is 9.59 Å². The van der Waals surface area contributed by atoms with Gasteiger partial charge in [-0.2, -0.15) is 5.10 Å². The molecule has 138 valence electrons. The van der Waals surface area contributed by atoms with Crippen molar-refractivity contribution in [1.29, 1.82) is 0 Å². The average Bonchev–Trinajstić information content (AvgIpc) is 3.09. The van der Waals surface area contributed by atoms with Crippen molar-refractivity contribution in [3.63, 3.8) is 0 Å². The van der Waals surface area contributed by atoms with Gasteiger partial charge in [0.2, 0.25) is 11.8 Å². The molecule has 0 aliphatic carbocycles. The number of nitrogens with one attached hydrogen (secondary N) is 1. The van der Waals surface area contributed by atoms with Crippen LogP contribution in [0.5, 0.6) is 0 Å². The summed E-state index contributed by atoms with van der Waals surface area (Å²) in [5.41, 5.74) is 0. The SMILES string of the molecule is CC(=O)NC1CCCN(C(=O)CN2CCC(Cn3cncn3)CC2)C1. The van der Waals surface area contributed by atoms with Crippen LogP contribution in [0.15, 0.2) is 12.7 Å². The largest absolute Gasteiger partial charge is 0.352 e. The summed E-state index contributed by atoms with van der Waals surface area (Å²) in [6.07, 6.45) is 7.41. The van der Waals surface area contributed by atoms with Crippen molar-refractivity contribution in [2.45, 2.75) is 45.2 Å². The monoisotopic (exact) mass is 348 g/mol. The molecule has 0 spiro atoms. The maximum absolute atomic E-state index is 12.6. The number of carbonyl (C=O) groups is 2. The zero-order valence-corrected chi connectivity index (χ0v) is 14.9. The number of nitrogens with zero attached hydrogens (tertiary/aromatic N) is 5. The maximum atomic E-state index is 12.6. The predicted molar refractivity (Wildman–Crippen MR) is 92.6 cm³/mol. The highest BCUT2D eigenvalue weighted by atomic mass is 16.2. The minimum absolute atomic E-state index is 0.0197. The van der Waals surface area contributed by atoms with E-state index in [0.29, 0.717) is 19.0 Å². The first-order valence-electron chi connectivity index (χ1n) is 9.20. The van der Waals surface area contributed by atoms with Crippen LogP contribution in [-0.2, 0) is 16.1 Å². The predicted octanol–water partition coefficient (Wildman–Crippen LogP) is 0.117. The van der Waals surface area contributed by atoms with Crippen molar-refractivity contribution >= 4 is 11.8 Å². The first kappa shape index (κ1) is 17.8. The Balaban J connectivity index is 1.40. The van der Waals surface area contributed by atoms with Crippen molar-refractivity contribution in [1.82, 2.24) is 29.9 Å². The molecule has 8 nitrogen and oxygen atoms in total. The van der Waals surface area contributed by atoms with Crippen molar-refractivity contribution in [3.05, 3.63) is 12.7 Å². The Kier molecular flexibility index (Phi) is 6.01. The summed E-state index contributed by atoms with van der Waals surface area (Å²) in [7, 11) is 0. The van der Waals surface area contributed by atoms with Crippen LogP contribution in [0.25, 0.3) is 0 Å². The minimum Gasteiger partial charge on any atom is -0.352 e. The lowest BCUT2D eigenvalue weighted by molar-refractivity contribution is -0.135. The topological polar surface area (TPSA) is 83.4 Å². The van der Waals surface area contributed by atoms with Gasteiger partial charge >= 0.3 is 0 Å². The lowest BCUT2D eigenvalue weighted by Gasteiger charge is -2.36. The lowest BCUT2D eigenvalue weighted by Crippen LogP contribution is -2.52. The van der Waals surface area contributed by atoms with E-state index in [1.165, 1.54) is 6.92 Å². The van der Waals surface area contributed by atoms with Gasteiger partial charge in [-0.1, -0.05) is 0 Å². The fourth-order valence-electron chi connectivity index (χ4n) is 3.82. The maximum Gasteiger partial charge on any atom is 0.236 e. The molecule has 1 aromatic rings. The molecule has 2 amide bonds. The molecule has 2 saturated heterocycles. The van der Waals surface area contributed by atoms with Crippen LogP contribution in [0, 0.1) is 5.92 Å². The molecular weight excluding hydrogens is 320 g/mol. The van der Waals surface area contributed by atoms with Crippen LogP contribution < -0.4 is 5.32 Å². The van der Waals surface area contributed by atoms with Gasteiger partial charge in [-0.3, -0.25) is 19.2 Å². The third-order valence-corrected chi connectivity index (χ3v) is 5.16. The highest BCUT2D eigenvalue weighted by molar-refractivity contribution is 5.78. The number of amides is 2. The summed E-state index contributed by atoms with van der Waals surface area (Å²) in [6.45, 7) is 6.28. The molecule has 3 rings (SSSR count). The lowest BCUT2D eigenvalue weighted by atomic mass is 9.97. The van der Waals surface area contributed by atoms with Crippen LogP contribution in [0.2, 0.25) is 0 Å². The van der Waals surface area contributed by atoms with Crippen molar-refractivity contribution in [2.24, 2.45) is 5.92 Å². The number of hydrogen-bond donors (Lipinski definition) is 1. The molecule has 2 aliphatic heterocycles. The molecule has 1 unspecified atom stereocenters. The number of rotatable bonds is 5. The van der Waals surface area contributed by atoms with Gasteiger partial charge in [-0.05, 0) is 44.7 Å². The van der Waals surface area contributed by atoms with Gasteiger partial charge in [-0.15, -0.1) is 0 Å². The van der Waals surface area contributed by atoms with E-state index < -0.39 is 0 Å². The molecule has 3 heterocycles. The van der Waals surface area contributed by atoms with E-state index in [1.54, 1.807) is 12.7 Å². The summed E-state index contributed by atoms with van der Waals surface area (Å²) in [5, 5.41) is 7.10. The van der Waals surface area contributed by atoms with E-state index in [1.807, 2.05) is 9.58 Å². The van der Waals surface area contributed by atoms with E-state index in [9.17, 15) is 9.59 Å². The van der Waals surface area contributed by atoms with Crippen molar-refractivity contribution in [3.8, 4) is 0 Å². The zero-order chi connectivity index (χ0) is 17.6. The number of carbonyl (C=O) groups excluding carboxylic acids is 2. The third kappa shape index (κ3) is 5.26. The Labute approximate surface area is 148 Å². The van der Waals surface area contributed by atoms with Crippen LogP contribution in [-0.4, -0.2) is 75.1 Å². The second kappa shape index (κ2) is 8.42. The van der Waals surface area contributed by atoms with Gasteiger partial charge < -0.3 is 10.2 Å². The summed E-state index contributed by atoms with van der Waals surface area (Å²) in [4.78, 5) is 31.9. The molecule has 0 saturated carbocycles. The number of likely N-dealkylation sites (tertiary alicyclic amines) is 2. The quantitative estimate of drug-likeness (QED) is 0.817. The first-order chi connectivity index (χ1) is 12.1. The van der Waals surface area contributed by atoms with Crippen LogP contribution in [0.3, 0.4) is 0 Å². The minimum atomic E-state index is -0.0197. The summed E-state index contributed by atoms with van der Waals surface area (Å²) in [5.74, 6) is 0.769. The second-order valence-corrected chi connectivity index (χ2v) is 7.22. The molecule has 2 aliphatic rings. The average molecular weight is 348 g/mol. The number of piperidine rings is 2. The van der Waals surface area contributed by atoms with E-state index in [0.717, 1.165) is 51.9 Å². The van der Waals surface area contributed by atoms with Gasteiger partial charge in [0.25, 0.3) is 0 Å². The van der Waals surface area contributed by atoms with Crippen LogP contribution >= 0.6 is 0 Å². The number of hydrogen-bond acceptors (Lipinski definition) is 5. The van der Waals surface area contributed by atoms with Gasteiger partial charge in [-0.25, -0.2) is 4.98 Å². The normalized spacial score (nSPS) is 22.8. The fourth-order valence-corrected chi connectivity index (χ4v) is 3.82. The molecule has 1 N–H and O–H groups in total. The molecule has 0 radical (unpaired) electrons. The Morgan fingerprint density at radius 1 is 1.20 bits per heavy atom. The molecule has 8 heteroatoms. The van der Waals surface area contributed by atoms with E-state index in [2.05, 4.69) is 20.3 Å². The van der Waals surface area contributed by atoms with Gasteiger partial charge in [0, 0.05) is 32.6 Å². The molecule has 0 aromatic carbocycles. The summed E-state index contributed by atoms with van der Waals surface area (Å²) < 4.78 is 1.89. The third-order valence-electron chi connectivity index (χ3n) is 5.16. The second-order valence-electron chi connectivity index (χ2n) is 7.22. The molecular formula is C17H28N6O2. The van der Waals surface area contributed by atoms with Gasteiger partial charge in [0.05, 0.1) is 6.54 Å². The Hall–Kier alpha value is -1.96. The Morgan fingerprint density at radius 2 is 2.00 bits per heavy atom. The Bertz CT molecular complexity index is 568. The molecule has 2 fully saturated rings. The Morgan fingerprint density at radius 3 is 2.68 bits per heavy atom. The highest BCUT2D eigenvalue weighted by Gasteiger charge is 2.27. The van der Waals surface area contributed by atoms with Gasteiger partial charge in [0.1, 0.15) is 12.7 Å². The standard InChI is InChI=1S/C17H28N6O2/c1-14(24)20-16-3-2-6-22(10-16)17(25)11-21-7-4-15(5-8-21)9-23-13-18-12-19-23/h12-13,15-16H,2-11H2,1H3,(H,20,24). The smallest absolute Gasteiger partial charge is 0.236 e. The fraction of sp³-hybridized carbons (Fsp3) is 0.765. The molecule has 1 atom stereocenters. The molecule has 25 heavy (non-hydrogen) atoms. The first-order valence-corrected chi connectivity index (χ1v) is 9.20. The van der Waals surface area contributed by atoms with Gasteiger partial charge in [0.15, 0.2) is 0 Å². The zero-order valence-electron chi connectivity index (χ0n) is 14.9. The highest BCUT2D eigenvalue weighted by Crippen LogP contribution is 2.19. The number of aromatic nitrogens is 3. The van der Waals surface area contributed by atoms with Crippen molar-refractivity contribution in [2.75, 3.05) is 32.7 Å². The van der Waals surface area contributed by atoms with Crippen LogP contribution in [0.4, 0.5) is 0 Å².